The Morgan fingerprint density at radius 2 is 2.10 bits per heavy atom. The van der Waals surface area contributed by atoms with Gasteiger partial charge in [-0.3, -0.25) is 19.7 Å². The van der Waals surface area contributed by atoms with Gasteiger partial charge < -0.3 is 5.73 Å². The van der Waals surface area contributed by atoms with Gasteiger partial charge in [-0.1, -0.05) is 6.07 Å². The second-order valence-electron chi connectivity index (χ2n) is 5.13. The summed E-state index contributed by atoms with van der Waals surface area (Å²) in [5.41, 5.74) is 5.93. The first-order chi connectivity index (χ1) is 9.99. The number of nitrogen functional groups attached to an aromatic ring is 1. The lowest BCUT2D eigenvalue weighted by Crippen LogP contribution is -2.56. The predicted octanol–water partition coefficient (Wildman–Crippen LogP) is -0.614. The molecule has 0 radical (unpaired) electrons. The maximum Gasteiger partial charge on any atom is 0.311 e. The summed E-state index contributed by atoms with van der Waals surface area (Å²) in [4.78, 5) is 35.9. The maximum atomic E-state index is 12.7. The van der Waals surface area contributed by atoms with Crippen molar-refractivity contribution in [1.29, 1.82) is 0 Å². The number of benzene rings is 1. The molecule has 1 aromatic carbocycles. The largest absolute Gasteiger partial charge is 0.398 e. The molecular weight excluding hydrogens is 272 g/mol. The number of amides is 2. The van der Waals surface area contributed by atoms with E-state index in [0.717, 1.165) is 0 Å². The predicted molar refractivity (Wildman–Crippen MR) is 75.2 cm³/mol. The molecule has 2 heterocycles. The highest BCUT2D eigenvalue weighted by Gasteiger charge is 2.34. The zero-order chi connectivity index (χ0) is 15.1. The number of hydrogen-bond acceptors (Lipinski definition) is 4. The Morgan fingerprint density at radius 1 is 1.33 bits per heavy atom. The summed E-state index contributed by atoms with van der Waals surface area (Å²) in [7, 11) is 1.69. The van der Waals surface area contributed by atoms with Crippen molar-refractivity contribution in [1.82, 2.24) is 10.00 Å². The van der Waals surface area contributed by atoms with Crippen LogP contribution in [0.2, 0.25) is 0 Å². The van der Waals surface area contributed by atoms with E-state index in [1.807, 2.05) is 0 Å². The molecule has 1 aliphatic rings. The molecule has 1 aliphatic heterocycles. The van der Waals surface area contributed by atoms with Gasteiger partial charge in [0.05, 0.1) is 10.8 Å². The maximum absolute atomic E-state index is 12.7. The topological polar surface area (TPSA) is 98.1 Å². The van der Waals surface area contributed by atoms with Crippen LogP contribution >= 0.6 is 0 Å². The Morgan fingerprint density at radius 3 is 2.81 bits per heavy atom. The number of nitrogens with one attached hydrogen (secondary N) is 1. The van der Waals surface area contributed by atoms with Gasteiger partial charge in [-0.05, 0) is 18.6 Å². The quantitative estimate of drug-likeness (QED) is 0.415. The number of carbonyl (C=O) groups excluding carboxylic acids is 2. The summed E-state index contributed by atoms with van der Waals surface area (Å²) >= 11 is 0. The molecule has 1 atom stereocenters. The summed E-state index contributed by atoms with van der Waals surface area (Å²) in [5.74, 6) is -0.773. The number of hydrogen-bond donors (Lipinski definition) is 2. The lowest BCUT2D eigenvalue weighted by molar-refractivity contribution is -0.759. The first-order valence-electron chi connectivity index (χ1n) is 6.62. The van der Waals surface area contributed by atoms with Crippen LogP contribution in [-0.4, -0.2) is 16.5 Å². The zero-order valence-corrected chi connectivity index (χ0v) is 11.5. The number of fused-ring (bicyclic) bond motifs is 1. The third-order valence-corrected chi connectivity index (χ3v) is 3.72. The SMILES string of the molecule is C[n+]1cc2cccc(N)c2c(=O)n1C1CCC(=O)NC1=O. The van der Waals surface area contributed by atoms with Crippen LogP contribution in [0, 0.1) is 0 Å². The number of rotatable bonds is 1. The van der Waals surface area contributed by atoms with Crippen LogP contribution in [0.4, 0.5) is 5.69 Å². The highest BCUT2D eigenvalue weighted by atomic mass is 16.2. The summed E-state index contributed by atoms with van der Waals surface area (Å²) in [6, 6.07) is 4.51. The third kappa shape index (κ3) is 2.06. The molecule has 7 heteroatoms. The van der Waals surface area contributed by atoms with E-state index < -0.39 is 11.9 Å². The van der Waals surface area contributed by atoms with Crippen LogP contribution in [0.25, 0.3) is 10.8 Å². The average Bonchev–Trinajstić information content (AvgIpc) is 2.40. The van der Waals surface area contributed by atoms with Gasteiger partial charge in [0.25, 0.3) is 5.91 Å². The first-order valence-corrected chi connectivity index (χ1v) is 6.62. The summed E-state index contributed by atoms with van der Waals surface area (Å²) in [5, 5.41) is 3.37. The molecule has 0 bridgehead atoms. The van der Waals surface area contributed by atoms with Gasteiger partial charge in [0, 0.05) is 12.1 Å². The Bertz CT molecular complexity index is 825. The molecule has 0 saturated carbocycles. The number of imide groups is 1. The fourth-order valence-electron chi connectivity index (χ4n) is 2.74. The number of aromatic nitrogens is 2. The van der Waals surface area contributed by atoms with Gasteiger partial charge in [-0.2, -0.15) is 0 Å². The Hall–Kier alpha value is -2.70. The molecule has 2 aromatic rings. The minimum absolute atomic E-state index is 0.213. The van der Waals surface area contributed by atoms with E-state index in [1.54, 1.807) is 36.1 Å². The number of nitrogens with two attached hydrogens (primary N) is 1. The van der Waals surface area contributed by atoms with Crippen molar-refractivity contribution in [3.63, 3.8) is 0 Å². The lowest BCUT2D eigenvalue weighted by atomic mass is 10.1. The number of aryl methyl sites for hydroxylation is 1. The fourth-order valence-corrected chi connectivity index (χ4v) is 2.74. The van der Waals surface area contributed by atoms with Gasteiger partial charge in [0.15, 0.2) is 13.1 Å². The molecule has 0 spiro atoms. The molecule has 108 valence electrons. The second kappa shape index (κ2) is 4.69. The summed E-state index contributed by atoms with van der Waals surface area (Å²) < 4.78 is 2.92. The van der Waals surface area contributed by atoms with E-state index in [2.05, 4.69) is 5.32 Å². The van der Waals surface area contributed by atoms with Gasteiger partial charge >= 0.3 is 5.56 Å². The Kier molecular flexibility index (Phi) is 2.97. The molecule has 0 aliphatic carbocycles. The van der Waals surface area contributed by atoms with E-state index in [9.17, 15) is 14.4 Å². The summed E-state index contributed by atoms with van der Waals surface area (Å²) in [6.45, 7) is 0. The van der Waals surface area contributed by atoms with Crippen molar-refractivity contribution in [2.24, 2.45) is 7.05 Å². The monoisotopic (exact) mass is 287 g/mol. The van der Waals surface area contributed by atoms with Crippen LogP contribution in [0.5, 0.6) is 0 Å². The minimum Gasteiger partial charge on any atom is -0.398 e. The van der Waals surface area contributed by atoms with Crippen LogP contribution in [-0.2, 0) is 16.6 Å². The van der Waals surface area contributed by atoms with Crippen molar-refractivity contribution in [2.75, 3.05) is 5.73 Å². The van der Waals surface area contributed by atoms with Crippen molar-refractivity contribution in [2.45, 2.75) is 18.9 Å². The molecule has 1 unspecified atom stereocenters. The van der Waals surface area contributed by atoms with Gasteiger partial charge in [-0.25, -0.2) is 0 Å². The number of anilines is 1. The molecule has 7 nitrogen and oxygen atoms in total. The number of piperidine rings is 1. The minimum atomic E-state index is -0.704. The highest BCUT2D eigenvalue weighted by Crippen LogP contribution is 2.19. The molecule has 3 rings (SSSR count). The van der Waals surface area contributed by atoms with Gasteiger partial charge in [0.2, 0.25) is 12.1 Å². The van der Waals surface area contributed by atoms with E-state index >= 15 is 0 Å². The van der Waals surface area contributed by atoms with Crippen molar-refractivity contribution >= 4 is 28.3 Å². The molecule has 3 N–H and O–H groups in total. The average molecular weight is 287 g/mol. The van der Waals surface area contributed by atoms with E-state index in [4.69, 9.17) is 5.73 Å². The fraction of sp³-hybridized carbons (Fsp3) is 0.286. The normalized spacial score (nSPS) is 18.8. The van der Waals surface area contributed by atoms with Gasteiger partial charge in [-0.15, -0.1) is 9.36 Å². The highest BCUT2D eigenvalue weighted by molar-refractivity contribution is 5.99. The van der Waals surface area contributed by atoms with E-state index in [0.29, 0.717) is 22.9 Å². The lowest BCUT2D eigenvalue weighted by Gasteiger charge is -2.20. The molecule has 1 fully saturated rings. The van der Waals surface area contributed by atoms with Crippen molar-refractivity contribution < 1.29 is 14.3 Å². The van der Waals surface area contributed by atoms with Crippen molar-refractivity contribution in [3.8, 4) is 0 Å². The van der Waals surface area contributed by atoms with E-state index in [-0.39, 0.29) is 17.9 Å². The third-order valence-electron chi connectivity index (χ3n) is 3.72. The van der Waals surface area contributed by atoms with E-state index in [1.165, 1.54) is 4.68 Å². The van der Waals surface area contributed by atoms with Crippen LogP contribution in [0.3, 0.4) is 0 Å². The van der Waals surface area contributed by atoms with Crippen molar-refractivity contribution in [3.05, 3.63) is 34.7 Å². The molecule has 1 saturated heterocycles. The summed E-state index contributed by atoms with van der Waals surface area (Å²) in [6.07, 6.45) is 2.26. The van der Waals surface area contributed by atoms with Crippen LogP contribution < -0.4 is 21.3 Å². The smallest absolute Gasteiger partial charge is 0.311 e. The molecule has 1 aromatic heterocycles. The van der Waals surface area contributed by atoms with Crippen LogP contribution in [0.15, 0.2) is 29.2 Å². The number of nitrogens with zero attached hydrogens (tertiary/aromatic N) is 2. The van der Waals surface area contributed by atoms with Crippen LogP contribution in [0.1, 0.15) is 18.9 Å². The molecular formula is C14H15N4O3+. The second-order valence-corrected chi connectivity index (χ2v) is 5.13. The van der Waals surface area contributed by atoms with Gasteiger partial charge in [0.1, 0.15) is 0 Å². The first kappa shape index (κ1) is 13.3. The Balaban J connectivity index is 2.24. The molecule has 2 amide bonds. The number of carbonyl (C=O) groups is 2. The molecule has 21 heavy (non-hydrogen) atoms. The Labute approximate surface area is 119 Å². The zero-order valence-electron chi connectivity index (χ0n) is 11.5. The standard InChI is InChI=1S/C14H14N4O3/c1-17-7-8-3-2-4-9(15)12(8)14(21)18(17)10-5-6-11(19)16-13(10)20/h2-4,7,10H,5-6H2,1H3,(H2-,15,16,19,20,21)/p+1.